The molecule has 8 rings (SSSR count). The third-order valence-corrected chi connectivity index (χ3v) is 11.8. The van der Waals surface area contributed by atoms with Crippen molar-refractivity contribution in [2.24, 2.45) is 0 Å². The van der Waals surface area contributed by atoms with Gasteiger partial charge in [0.25, 0.3) is 11.8 Å². The van der Waals surface area contributed by atoms with E-state index < -0.39 is 12.1 Å². The number of imidazole rings is 2. The average molecular weight is 812 g/mol. The highest BCUT2D eigenvalue weighted by atomic mass is 35.5. The van der Waals surface area contributed by atoms with Crippen molar-refractivity contribution in [3.63, 3.8) is 0 Å². The van der Waals surface area contributed by atoms with Crippen LogP contribution in [0.3, 0.4) is 0 Å². The smallest absolute Gasteiger partial charge is 0.407 e. The summed E-state index contributed by atoms with van der Waals surface area (Å²) in [5, 5.41) is 3.39. The van der Waals surface area contributed by atoms with E-state index in [1.807, 2.05) is 86.0 Å². The van der Waals surface area contributed by atoms with Gasteiger partial charge in [-0.3, -0.25) is 14.1 Å². The number of methoxy groups -OCH3 is 1. The Morgan fingerprint density at radius 1 is 0.746 bits per heavy atom. The molecular formula is C46H48ClN8O4+. The molecule has 0 spiro atoms. The first kappa shape index (κ1) is 39.6. The molecule has 12 nitrogen and oxygen atoms in total. The van der Waals surface area contributed by atoms with Crippen molar-refractivity contribution >= 4 is 35.2 Å². The molecule has 302 valence electrons. The number of amides is 3. The Morgan fingerprint density at radius 2 is 1.25 bits per heavy atom. The lowest BCUT2D eigenvalue weighted by Crippen LogP contribution is -2.49. The van der Waals surface area contributed by atoms with Crippen LogP contribution < -0.4 is 9.80 Å². The van der Waals surface area contributed by atoms with Crippen LogP contribution in [0, 0.1) is 0 Å². The van der Waals surface area contributed by atoms with Gasteiger partial charge in [0, 0.05) is 30.2 Å². The van der Waals surface area contributed by atoms with E-state index in [0.29, 0.717) is 40.5 Å². The zero-order valence-corrected chi connectivity index (χ0v) is 34.2. The van der Waals surface area contributed by atoms with Crippen molar-refractivity contribution in [2.75, 3.05) is 40.8 Å². The quantitative estimate of drug-likeness (QED) is 0.112. The van der Waals surface area contributed by atoms with E-state index in [9.17, 15) is 14.4 Å². The number of H-pyrrole nitrogens is 2. The van der Waals surface area contributed by atoms with Gasteiger partial charge >= 0.3 is 6.09 Å². The van der Waals surface area contributed by atoms with Crippen LogP contribution in [-0.4, -0.2) is 88.5 Å². The zero-order chi connectivity index (χ0) is 41.1. The molecule has 59 heavy (non-hydrogen) atoms. The summed E-state index contributed by atoms with van der Waals surface area (Å²) in [4.78, 5) is 59.9. The van der Waals surface area contributed by atoms with Crippen molar-refractivity contribution in [3.8, 4) is 33.6 Å². The van der Waals surface area contributed by atoms with Crippen molar-refractivity contribution < 1.29 is 19.1 Å². The minimum absolute atomic E-state index is 0.0906. The Hall–Kier alpha value is -6.24. The topological polar surface area (TPSA) is 136 Å². The van der Waals surface area contributed by atoms with Crippen LogP contribution in [-0.2, 0) is 14.3 Å². The van der Waals surface area contributed by atoms with Crippen molar-refractivity contribution in [1.82, 2.24) is 39.5 Å². The van der Waals surface area contributed by atoms with Crippen LogP contribution in [0.15, 0.2) is 116 Å². The minimum Gasteiger partial charge on any atom is -0.453 e. The minimum atomic E-state index is -0.873. The molecule has 4 aromatic carbocycles. The maximum absolute atomic E-state index is 13.9. The lowest BCUT2D eigenvalue weighted by Gasteiger charge is -2.32. The van der Waals surface area contributed by atoms with E-state index in [-0.39, 0.29) is 23.9 Å². The number of quaternary nitrogens is 1. The van der Waals surface area contributed by atoms with E-state index in [1.54, 1.807) is 4.90 Å². The van der Waals surface area contributed by atoms with Crippen LogP contribution >= 0.6 is 11.6 Å². The van der Waals surface area contributed by atoms with Gasteiger partial charge in [0.15, 0.2) is 6.54 Å². The first-order chi connectivity index (χ1) is 28.6. The summed E-state index contributed by atoms with van der Waals surface area (Å²) >= 11 is 6.11. The number of aromatic nitrogens is 4. The number of likely N-dealkylation sites (N-methyl/N-ethyl adjacent to an activating group) is 1. The van der Waals surface area contributed by atoms with Crippen LogP contribution in [0.5, 0.6) is 0 Å². The van der Waals surface area contributed by atoms with Gasteiger partial charge in [-0.1, -0.05) is 90.5 Å². The van der Waals surface area contributed by atoms with E-state index in [4.69, 9.17) is 26.3 Å². The molecule has 2 aliphatic rings. The molecule has 0 saturated carbocycles. The number of aromatic amines is 2. The van der Waals surface area contributed by atoms with Gasteiger partial charge in [-0.05, 0) is 65.6 Å². The number of alkyl carbamates (subject to hydrolysis) is 1. The summed E-state index contributed by atoms with van der Waals surface area (Å²) < 4.78 is 5.26. The number of nitrogens with one attached hydrogen (secondary N) is 3. The number of nitrogens with zero attached hydrogens (tertiary/aromatic N) is 5. The Balaban J connectivity index is 0.911. The number of halogens is 1. The van der Waals surface area contributed by atoms with Crippen LogP contribution in [0.2, 0.25) is 5.02 Å². The van der Waals surface area contributed by atoms with Crippen molar-refractivity contribution in [1.29, 1.82) is 0 Å². The fraction of sp³-hybridized carbons (Fsp3) is 0.283. The second kappa shape index (κ2) is 16.9. The van der Waals surface area contributed by atoms with Gasteiger partial charge in [-0.2, -0.15) is 0 Å². The molecule has 2 fully saturated rings. The van der Waals surface area contributed by atoms with Gasteiger partial charge in [0.05, 0.1) is 57.1 Å². The number of likely N-dealkylation sites (tertiary alicyclic amines) is 2. The fourth-order valence-electron chi connectivity index (χ4n) is 8.29. The third kappa shape index (κ3) is 8.50. The van der Waals surface area contributed by atoms with Crippen molar-refractivity contribution in [2.45, 2.75) is 43.8 Å². The lowest BCUT2D eigenvalue weighted by molar-refractivity contribution is -0.134. The largest absolute Gasteiger partial charge is 0.453 e. The monoisotopic (exact) mass is 811 g/mol. The van der Waals surface area contributed by atoms with Crippen LogP contribution in [0.1, 0.15) is 61.0 Å². The van der Waals surface area contributed by atoms with Crippen molar-refractivity contribution in [3.05, 3.63) is 138 Å². The summed E-state index contributed by atoms with van der Waals surface area (Å²) in [6.07, 6.45) is 6.38. The second-order valence-corrected chi connectivity index (χ2v) is 16.2. The van der Waals surface area contributed by atoms with Gasteiger partial charge < -0.3 is 29.8 Å². The normalized spacial score (nSPS) is 17.2. The first-order valence-corrected chi connectivity index (χ1v) is 20.4. The lowest BCUT2D eigenvalue weighted by atomic mass is 10.0. The standard InChI is InChI=1S/C46H47ClN8O4/c1-55(2,36-23-21-35(47)22-24-36)29-41(56)53-25-7-11-39(53)43-48-27-37(50-43)32-17-13-30(14-18-32)31-15-19-33(20-16-31)38-28-49-44(51-38)40-12-8-26-54(40)45(57)42(52-46(58)59-3)34-9-5-4-6-10-34/h4-6,9-10,13-24,27-28,39-40,42H,7-8,11-12,25-26,29H2,1-3H3,(H2-,48,49,50,51,52,58)/p+1/t39-,40-,42+/m0/s1. The SMILES string of the molecule is COC(=O)N[C@@H](C(=O)N1CCC[C@H]1c1ncc(-c2ccc(-c3ccc(-c4cnc([C@@H]5CCCN5C(=O)C[N+](C)(C)c5ccc(Cl)cc5)[nH]4)cc3)cc2)[nH]1)c1ccccc1. The predicted octanol–water partition coefficient (Wildman–Crippen LogP) is 8.48. The Morgan fingerprint density at radius 3 is 1.80 bits per heavy atom. The molecule has 4 heterocycles. The van der Waals surface area contributed by atoms with Crippen LogP contribution in [0.25, 0.3) is 33.6 Å². The van der Waals surface area contributed by atoms with Gasteiger partial charge in [0.2, 0.25) is 0 Å². The number of rotatable bonds is 11. The number of ether oxygens (including phenoxy) is 1. The van der Waals surface area contributed by atoms with E-state index in [2.05, 4.69) is 63.8 Å². The predicted molar refractivity (Wildman–Crippen MR) is 229 cm³/mol. The highest BCUT2D eigenvalue weighted by molar-refractivity contribution is 6.30. The summed E-state index contributed by atoms with van der Waals surface area (Å²) in [5.74, 6) is 1.42. The molecule has 0 bridgehead atoms. The number of carbonyl (C=O) groups excluding carboxylic acids is 3. The van der Waals surface area contributed by atoms with E-state index in [0.717, 1.165) is 70.8 Å². The van der Waals surface area contributed by atoms with E-state index >= 15 is 0 Å². The molecule has 2 aromatic heterocycles. The summed E-state index contributed by atoms with van der Waals surface area (Å²) in [6.45, 7) is 1.61. The zero-order valence-electron chi connectivity index (χ0n) is 33.4. The van der Waals surface area contributed by atoms with Gasteiger partial charge in [-0.15, -0.1) is 0 Å². The molecule has 3 amide bonds. The molecule has 0 aliphatic carbocycles. The second-order valence-electron chi connectivity index (χ2n) is 15.8. The molecular weight excluding hydrogens is 764 g/mol. The Labute approximate surface area is 348 Å². The van der Waals surface area contributed by atoms with Gasteiger partial charge in [-0.25, -0.2) is 14.8 Å². The number of hydrogen-bond acceptors (Lipinski definition) is 6. The molecule has 3 atom stereocenters. The highest BCUT2D eigenvalue weighted by Gasteiger charge is 2.38. The molecule has 3 N–H and O–H groups in total. The molecule has 13 heteroatoms. The molecule has 6 aromatic rings. The highest BCUT2D eigenvalue weighted by Crippen LogP contribution is 2.36. The number of benzene rings is 4. The third-order valence-electron chi connectivity index (χ3n) is 11.5. The Kier molecular flexibility index (Phi) is 11.4. The average Bonchev–Trinajstić information content (AvgIpc) is 4.10. The summed E-state index contributed by atoms with van der Waals surface area (Å²) in [6, 6.07) is 32.3. The van der Waals surface area contributed by atoms with Crippen LogP contribution in [0.4, 0.5) is 10.5 Å². The number of carbonyl (C=O) groups is 3. The van der Waals surface area contributed by atoms with E-state index in [1.165, 1.54) is 7.11 Å². The maximum Gasteiger partial charge on any atom is 0.407 e. The molecule has 0 unspecified atom stereocenters. The fourth-order valence-corrected chi connectivity index (χ4v) is 8.42. The Bertz CT molecular complexity index is 2410. The van der Waals surface area contributed by atoms with Gasteiger partial charge in [0.1, 0.15) is 23.4 Å². The summed E-state index contributed by atoms with van der Waals surface area (Å²) in [5.41, 5.74) is 7.62. The first-order valence-electron chi connectivity index (χ1n) is 20.0. The maximum atomic E-state index is 13.9. The molecule has 0 radical (unpaired) electrons. The number of hydrogen-bond donors (Lipinski definition) is 3. The molecule has 2 saturated heterocycles. The molecule has 2 aliphatic heterocycles. The summed E-state index contributed by atoms with van der Waals surface area (Å²) in [7, 11) is 5.36.